The summed E-state index contributed by atoms with van der Waals surface area (Å²) in [7, 11) is 0. The van der Waals surface area contributed by atoms with Crippen LogP contribution in [0.25, 0.3) is 0 Å². The zero-order valence-corrected chi connectivity index (χ0v) is 14.6. The van der Waals surface area contributed by atoms with Gasteiger partial charge >= 0.3 is 0 Å². The van der Waals surface area contributed by atoms with Gasteiger partial charge in [-0.15, -0.1) is 0 Å². The third-order valence-corrected chi connectivity index (χ3v) is 4.83. The molecule has 0 saturated carbocycles. The lowest BCUT2D eigenvalue weighted by Gasteiger charge is -2.36. The van der Waals surface area contributed by atoms with Crippen LogP contribution >= 0.6 is 0 Å². The van der Waals surface area contributed by atoms with Gasteiger partial charge < -0.3 is 14.7 Å². The number of hydrogen-bond donors (Lipinski definition) is 0. The van der Waals surface area contributed by atoms with E-state index in [1.54, 1.807) is 6.92 Å². The second-order valence-electron chi connectivity index (χ2n) is 6.01. The fourth-order valence-corrected chi connectivity index (χ4v) is 3.23. The van der Waals surface area contributed by atoms with Gasteiger partial charge in [0.05, 0.1) is 0 Å². The van der Waals surface area contributed by atoms with Gasteiger partial charge in [-0.1, -0.05) is 20.8 Å². The molecule has 0 unspecified atom stereocenters. The molecule has 0 N–H and O–H groups in total. The Balaban J connectivity index is 0.00000106. The van der Waals surface area contributed by atoms with Crippen LogP contribution in [0, 0.1) is 5.92 Å². The van der Waals surface area contributed by atoms with E-state index in [4.69, 9.17) is 0 Å². The number of piperazine rings is 1. The molecule has 0 atom stereocenters. The summed E-state index contributed by atoms with van der Waals surface area (Å²) in [6.45, 7) is 17.3. The fourth-order valence-electron chi connectivity index (χ4n) is 3.23. The van der Waals surface area contributed by atoms with E-state index in [0.717, 1.165) is 19.0 Å². The molecule has 2 saturated heterocycles. The summed E-state index contributed by atoms with van der Waals surface area (Å²) < 4.78 is 0. The first-order valence-corrected chi connectivity index (χ1v) is 8.89. The Bertz CT molecular complexity index is 280. The normalized spacial score (nSPS) is 21.8. The van der Waals surface area contributed by atoms with E-state index in [2.05, 4.69) is 16.7 Å². The number of likely N-dealkylation sites (tertiary alicyclic amines) is 1. The molecule has 0 spiro atoms. The topological polar surface area (TPSA) is 26.8 Å². The van der Waals surface area contributed by atoms with Crippen molar-refractivity contribution >= 4 is 5.91 Å². The Morgan fingerprint density at radius 2 is 1.48 bits per heavy atom. The van der Waals surface area contributed by atoms with Crippen molar-refractivity contribution in [1.82, 2.24) is 14.7 Å². The van der Waals surface area contributed by atoms with Crippen LogP contribution in [-0.4, -0.2) is 73.0 Å². The lowest BCUT2D eigenvalue weighted by Crippen LogP contribution is -2.46. The number of carbonyl (C=O) groups is 1. The Labute approximate surface area is 131 Å². The van der Waals surface area contributed by atoms with Crippen LogP contribution in [0.5, 0.6) is 0 Å². The van der Waals surface area contributed by atoms with Crippen molar-refractivity contribution in [3.63, 3.8) is 0 Å². The second kappa shape index (κ2) is 10.2. The first-order valence-electron chi connectivity index (χ1n) is 8.89. The average Bonchev–Trinajstić information content (AvgIpc) is 2.55. The lowest BCUT2D eigenvalue weighted by molar-refractivity contribution is -0.130. The Kier molecular flexibility index (Phi) is 8.93. The summed E-state index contributed by atoms with van der Waals surface area (Å²) in [5, 5.41) is 0. The molecule has 0 aromatic carbocycles. The molecular weight excluding hydrogens is 262 g/mol. The standard InChI is InChI=1S/C15H29N3O.C2H6/c1-3-16-10-12-17(13-11-16)7-4-15-5-8-18(9-6-15)14(2)19;1-2/h15H,3-13H2,1-2H3;1-2H3. The van der Waals surface area contributed by atoms with E-state index in [-0.39, 0.29) is 5.91 Å². The van der Waals surface area contributed by atoms with E-state index < -0.39 is 0 Å². The number of piperidine rings is 1. The van der Waals surface area contributed by atoms with Gasteiger partial charge in [0.1, 0.15) is 0 Å². The summed E-state index contributed by atoms with van der Waals surface area (Å²) in [5.74, 6) is 1.08. The third kappa shape index (κ3) is 6.35. The molecule has 1 amide bonds. The summed E-state index contributed by atoms with van der Waals surface area (Å²) in [4.78, 5) is 18.4. The number of carbonyl (C=O) groups excluding carboxylic acids is 1. The van der Waals surface area contributed by atoms with Crippen LogP contribution in [0.2, 0.25) is 0 Å². The zero-order chi connectivity index (χ0) is 15.7. The number of amides is 1. The van der Waals surface area contributed by atoms with Crippen molar-refractivity contribution in [3.8, 4) is 0 Å². The van der Waals surface area contributed by atoms with Gasteiger partial charge in [0.25, 0.3) is 0 Å². The summed E-state index contributed by atoms with van der Waals surface area (Å²) >= 11 is 0. The third-order valence-electron chi connectivity index (χ3n) is 4.83. The highest BCUT2D eigenvalue weighted by molar-refractivity contribution is 5.73. The number of nitrogens with zero attached hydrogens (tertiary/aromatic N) is 3. The molecule has 2 fully saturated rings. The monoisotopic (exact) mass is 297 g/mol. The lowest BCUT2D eigenvalue weighted by atomic mass is 9.93. The highest BCUT2D eigenvalue weighted by atomic mass is 16.2. The van der Waals surface area contributed by atoms with Crippen LogP contribution in [-0.2, 0) is 4.79 Å². The van der Waals surface area contributed by atoms with Crippen molar-refractivity contribution in [3.05, 3.63) is 0 Å². The van der Waals surface area contributed by atoms with E-state index >= 15 is 0 Å². The number of likely N-dealkylation sites (N-methyl/N-ethyl adjacent to an activating group) is 1. The van der Waals surface area contributed by atoms with Gasteiger partial charge in [-0.25, -0.2) is 0 Å². The molecule has 0 aliphatic carbocycles. The van der Waals surface area contributed by atoms with Gasteiger partial charge in [0.15, 0.2) is 0 Å². The zero-order valence-electron chi connectivity index (χ0n) is 14.6. The Morgan fingerprint density at radius 3 is 1.95 bits per heavy atom. The van der Waals surface area contributed by atoms with Crippen molar-refractivity contribution < 1.29 is 4.79 Å². The van der Waals surface area contributed by atoms with Crippen LogP contribution in [0.3, 0.4) is 0 Å². The van der Waals surface area contributed by atoms with Gasteiger partial charge in [0, 0.05) is 46.2 Å². The second-order valence-corrected chi connectivity index (χ2v) is 6.01. The molecule has 2 aliphatic rings. The molecule has 2 rings (SSSR count). The van der Waals surface area contributed by atoms with Crippen LogP contribution < -0.4 is 0 Å². The molecule has 0 aromatic rings. The molecule has 21 heavy (non-hydrogen) atoms. The van der Waals surface area contributed by atoms with Gasteiger partial charge in [0.2, 0.25) is 5.91 Å². The van der Waals surface area contributed by atoms with Crippen molar-refractivity contribution in [2.75, 3.05) is 52.4 Å². The molecule has 0 aromatic heterocycles. The highest BCUT2D eigenvalue weighted by Crippen LogP contribution is 2.21. The molecule has 4 nitrogen and oxygen atoms in total. The minimum absolute atomic E-state index is 0.245. The summed E-state index contributed by atoms with van der Waals surface area (Å²) in [6.07, 6.45) is 3.72. The van der Waals surface area contributed by atoms with E-state index in [1.807, 2.05) is 18.7 Å². The SMILES string of the molecule is CC.CCN1CCN(CCC2CCN(C(C)=O)CC2)CC1. The maximum Gasteiger partial charge on any atom is 0.219 e. The van der Waals surface area contributed by atoms with Crippen molar-refractivity contribution in [2.45, 2.75) is 47.0 Å². The molecule has 0 radical (unpaired) electrons. The van der Waals surface area contributed by atoms with E-state index in [9.17, 15) is 4.79 Å². The molecule has 4 heteroatoms. The van der Waals surface area contributed by atoms with Crippen LogP contribution in [0.1, 0.15) is 47.0 Å². The maximum absolute atomic E-state index is 11.3. The average molecular weight is 297 g/mol. The van der Waals surface area contributed by atoms with Crippen molar-refractivity contribution in [1.29, 1.82) is 0 Å². The van der Waals surface area contributed by atoms with Gasteiger partial charge in [-0.05, 0) is 38.3 Å². The smallest absolute Gasteiger partial charge is 0.219 e. The quantitative estimate of drug-likeness (QED) is 0.796. The molecular formula is C17H35N3O. The molecule has 0 bridgehead atoms. The number of hydrogen-bond acceptors (Lipinski definition) is 3. The molecule has 124 valence electrons. The first kappa shape index (κ1) is 18.4. The largest absolute Gasteiger partial charge is 0.343 e. The Morgan fingerprint density at radius 1 is 0.952 bits per heavy atom. The number of rotatable bonds is 4. The highest BCUT2D eigenvalue weighted by Gasteiger charge is 2.22. The molecule has 2 heterocycles. The van der Waals surface area contributed by atoms with E-state index in [1.165, 1.54) is 58.5 Å². The summed E-state index contributed by atoms with van der Waals surface area (Å²) in [6, 6.07) is 0. The first-order chi connectivity index (χ1) is 10.2. The van der Waals surface area contributed by atoms with Gasteiger partial charge in [-0.2, -0.15) is 0 Å². The van der Waals surface area contributed by atoms with Crippen LogP contribution in [0.4, 0.5) is 0 Å². The van der Waals surface area contributed by atoms with Crippen LogP contribution in [0.15, 0.2) is 0 Å². The Hall–Kier alpha value is -0.610. The van der Waals surface area contributed by atoms with Gasteiger partial charge in [-0.3, -0.25) is 4.79 Å². The predicted molar refractivity (Wildman–Crippen MR) is 89.5 cm³/mol. The predicted octanol–water partition coefficient (Wildman–Crippen LogP) is 2.30. The summed E-state index contributed by atoms with van der Waals surface area (Å²) in [5.41, 5.74) is 0. The van der Waals surface area contributed by atoms with Crippen molar-refractivity contribution in [2.24, 2.45) is 5.92 Å². The molecule has 2 aliphatic heterocycles. The maximum atomic E-state index is 11.3. The minimum Gasteiger partial charge on any atom is -0.343 e. The minimum atomic E-state index is 0.245. The fraction of sp³-hybridized carbons (Fsp3) is 0.941. The van der Waals surface area contributed by atoms with E-state index in [0.29, 0.717) is 0 Å².